The number of thiazole rings is 1. The summed E-state index contributed by atoms with van der Waals surface area (Å²) in [6, 6.07) is 14.5. The Morgan fingerprint density at radius 1 is 1.14 bits per heavy atom. The largest absolute Gasteiger partial charge is 0.319 e. The minimum Gasteiger partial charge on any atom is -0.319 e. The van der Waals surface area contributed by atoms with Gasteiger partial charge in [-0.1, -0.05) is 42.5 Å². The molecule has 0 bridgehead atoms. The quantitative estimate of drug-likeness (QED) is 0.740. The van der Waals surface area contributed by atoms with Crippen molar-refractivity contribution in [3.8, 4) is 0 Å². The molecule has 0 saturated carbocycles. The van der Waals surface area contributed by atoms with Gasteiger partial charge in [-0.05, 0) is 36.2 Å². The first-order chi connectivity index (χ1) is 10.5. The smallest absolute Gasteiger partial charge is 0.285 e. The molecule has 0 atom stereocenters. The van der Waals surface area contributed by atoms with Gasteiger partial charge in [0.05, 0.1) is 15.1 Å². The van der Waals surface area contributed by atoms with E-state index in [1.807, 2.05) is 17.7 Å². The van der Waals surface area contributed by atoms with E-state index in [1.165, 1.54) is 16.9 Å². The van der Waals surface area contributed by atoms with Crippen LogP contribution in [-0.4, -0.2) is 13.0 Å². The van der Waals surface area contributed by atoms with Crippen molar-refractivity contribution in [2.24, 2.45) is 11.4 Å². The number of aromatic nitrogens is 1. The minimum absolute atomic E-state index is 0.210. The van der Waals surface area contributed by atoms with Gasteiger partial charge in [-0.3, -0.25) is 0 Å². The topological polar surface area (TPSA) is 51.4 Å². The minimum atomic E-state index is -3.68. The molecule has 3 aromatic rings. The number of aryl methyl sites for hydroxylation is 2. The second-order valence-electron chi connectivity index (χ2n) is 4.98. The van der Waals surface area contributed by atoms with Crippen molar-refractivity contribution < 1.29 is 8.42 Å². The van der Waals surface area contributed by atoms with E-state index < -0.39 is 10.0 Å². The van der Waals surface area contributed by atoms with E-state index in [0.717, 1.165) is 16.6 Å². The van der Waals surface area contributed by atoms with Gasteiger partial charge in [0.15, 0.2) is 0 Å². The second-order valence-corrected chi connectivity index (χ2v) is 7.59. The first-order valence-corrected chi connectivity index (χ1v) is 9.21. The van der Waals surface area contributed by atoms with Gasteiger partial charge in [0.1, 0.15) is 0 Å². The third kappa shape index (κ3) is 2.71. The molecule has 3 rings (SSSR count). The summed E-state index contributed by atoms with van der Waals surface area (Å²) in [6.07, 6.45) is 0.951. The van der Waals surface area contributed by atoms with Crippen LogP contribution in [0.5, 0.6) is 0 Å². The molecule has 2 aromatic carbocycles. The summed E-state index contributed by atoms with van der Waals surface area (Å²) in [6.45, 7) is 2.10. The van der Waals surface area contributed by atoms with Gasteiger partial charge >= 0.3 is 0 Å². The molecule has 6 heteroatoms. The lowest BCUT2D eigenvalue weighted by atomic mass is 10.2. The second kappa shape index (κ2) is 5.70. The van der Waals surface area contributed by atoms with Gasteiger partial charge in [0.2, 0.25) is 4.80 Å². The lowest BCUT2D eigenvalue weighted by molar-refractivity contribution is 0.596. The van der Waals surface area contributed by atoms with Gasteiger partial charge in [-0.25, -0.2) is 0 Å². The average Bonchev–Trinajstić information content (AvgIpc) is 2.83. The van der Waals surface area contributed by atoms with Gasteiger partial charge in [0, 0.05) is 7.05 Å². The number of nitrogens with zero attached hydrogens (tertiary/aromatic N) is 2. The Labute approximate surface area is 133 Å². The zero-order valence-electron chi connectivity index (χ0n) is 12.4. The zero-order chi connectivity index (χ0) is 15.7. The van der Waals surface area contributed by atoms with Crippen LogP contribution in [0.15, 0.2) is 57.8 Å². The van der Waals surface area contributed by atoms with E-state index in [4.69, 9.17) is 0 Å². The number of rotatable bonds is 3. The number of sulfonamides is 1. The first-order valence-electron chi connectivity index (χ1n) is 6.96. The van der Waals surface area contributed by atoms with Gasteiger partial charge in [-0.2, -0.15) is 8.42 Å². The highest BCUT2D eigenvalue weighted by atomic mass is 32.2. The van der Waals surface area contributed by atoms with Crippen molar-refractivity contribution >= 4 is 31.6 Å². The van der Waals surface area contributed by atoms with Crippen LogP contribution < -0.4 is 4.80 Å². The maximum atomic E-state index is 12.4. The number of hydrogen-bond donors (Lipinski definition) is 0. The van der Waals surface area contributed by atoms with Crippen LogP contribution in [0.25, 0.3) is 10.2 Å². The number of benzene rings is 2. The van der Waals surface area contributed by atoms with Crippen LogP contribution >= 0.6 is 11.3 Å². The summed E-state index contributed by atoms with van der Waals surface area (Å²) in [5, 5.41) is 0. The van der Waals surface area contributed by atoms with Crippen LogP contribution in [0.1, 0.15) is 12.5 Å². The van der Waals surface area contributed by atoms with E-state index in [1.54, 1.807) is 30.3 Å². The molecule has 0 unspecified atom stereocenters. The molecule has 0 aliphatic rings. The summed E-state index contributed by atoms with van der Waals surface area (Å²) < 4.78 is 31.6. The van der Waals surface area contributed by atoms with E-state index >= 15 is 0 Å². The SMILES string of the molecule is CCc1ccc2c(c1)s/c(=N\S(=O)(=O)c1ccccc1)n2C. The van der Waals surface area contributed by atoms with Crippen LogP contribution in [0.2, 0.25) is 0 Å². The Hall–Kier alpha value is -1.92. The lowest BCUT2D eigenvalue weighted by Crippen LogP contribution is -2.13. The summed E-state index contributed by atoms with van der Waals surface area (Å²) in [7, 11) is -1.85. The summed E-state index contributed by atoms with van der Waals surface area (Å²) in [4.78, 5) is 0.689. The van der Waals surface area contributed by atoms with E-state index in [0.29, 0.717) is 4.80 Å². The van der Waals surface area contributed by atoms with E-state index in [-0.39, 0.29) is 4.90 Å². The van der Waals surface area contributed by atoms with Crippen molar-refractivity contribution in [2.45, 2.75) is 18.2 Å². The molecule has 0 aliphatic carbocycles. The standard InChI is InChI=1S/C16H16N2O2S2/c1-3-12-9-10-14-15(11-12)21-16(18(14)2)17-22(19,20)13-7-5-4-6-8-13/h4-11H,3H2,1-2H3/b17-16-. The highest BCUT2D eigenvalue weighted by Crippen LogP contribution is 2.19. The molecule has 0 radical (unpaired) electrons. The van der Waals surface area contributed by atoms with Crippen molar-refractivity contribution in [1.29, 1.82) is 0 Å². The maximum absolute atomic E-state index is 12.4. The molecular formula is C16H16N2O2S2. The highest BCUT2D eigenvalue weighted by molar-refractivity contribution is 7.90. The molecule has 0 spiro atoms. The average molecular weight is 332 g/mol. The zero-order valence-corrected chi connectivity index (χ0v) is 14.0. The molecular weight excluding hydrogens is 316 g/mol. The fourth-order valence-electron chi connectivity index (χ4n) is 2.24. The Morgan fingerprint density at radius 2 is 1.86 bits per heavy atom. The molecule has 0 N–H and O–H groups in total. The molecule has 0 fully saturated rings. The van der Waals surface area contributed by atoms with Crippen LogP contribution in [0, 0.1) is 0 Å². The summed E-state index contributed by atoms with van der Waals surface area (Å²) >= 11 is 1.39. The van der Waals surface area contributed by atoms with Crippen LogP contribution in [-0.2, 0) is 23.5 Å². The molecule has 0 aliphatic heterocycles. The van der Waals surface area contributed by atoms with Gasteiger partial charge < -0.3 is 4.57 Å². The Morgan fingerprint density at radius 3 is 2.55 bits per heavy atom. The monoisotopic (exact) mass is 332 g/mol. The Kier molecular flexibility index (Phi) is 3.88. The van der Waals surface area contributed by atoms with Crippen molar-refractivity contribution in [1.82, 2.24) is 4.57 Å². The Bertz CT molecular complexity index is 984. The maximum Gasteiger partial charge on any atom is 0.285 e. The van der Waals surface area contributed by atoms with E-state index in [2.05, 4.69) is 23.5 Å². The fourth-order valence-corrected chi connectivity index (χ4v) is 4.56. The number of hydrogen-bond acceptors (Lipinski definition) is 3. The summed E-state index contributed by atoms with van der Waals surface area (Å²) in [5.41, 5.74) is 2.22. The van der Waals surface area contributed by atoms with Crippen molar-refractivity contribution in [2.75, 3.05) is 0 Å². The van der Waals surface area contributed by atoms with Crippen molar-refractivity contribution in [3.63, 3.8) is 0 Å². The highest BCUT2D eigenvalue weighted by Gasteiger charge is 2.13. The molecule has 0 amide bonds. The lowest BCUT2D eigenvalue weighted by Gasteiger charge is -1.99. The van der Waals surface area contributed by atoms with Crippen LogP contribution in [0.4, 0.5) is 0 Å². The van der Waals surface area contributed by atoms with Gasteiger partial charge in [-0.15, -0.1) is 4.40 Å². The first kappa shape index (κ1) is 15.0. The van der Waals surface area contributed by atoms with Crippen LogP contribution in [0.3, 0.4) is 0 Å². The fraction of sp³-hybridized carbons (Fsp3) is 0.188. The number of fused-ring (bicyclic) bond motifs is 1. The van der Waals surface area contributed by atoms with E-state index in [9.17, 15) is 8.42 Å². The molecule has 1 heterocycles. The molecule has 0 saturated heterocycles. The summed E-state index contributed by atoms with van der Waals surface area (Å²) in [5.74, 6) is 0. The normalized spacial score (nSPS) is 12.9. The molecule has 22 heavy (non-hydrogen) atoms. The van der Waals surface area contributed by atoms with Gasteiger partial charge in [0.25, 0.3) is 10.0 Å². The van der Waals surface area contributed by atoms with Crippen molar-refractivity contribution in [3.05, 3.63) is 58.9 Å². The molecule has 4 nitrogen and oxygen atoms in total. The molecule has 1 aromatic heterocycles. The Balaban J connectivity index is 2.20. The predicted octanol–water partition coefficient (Wildman–Crippen LogP) is 3.09. The predicted molar refractivity (Wildman–Crippen MR) is 89.4 cm³/mol. The molecule has 114 valence electrons. The third-order valence-electron chi connectivity index (χ3n) is 3.52. The third-order valence-corrected chi connectivity index (χ3v) is 6.01.